The fraction of sp³-hybridized carbons (Fsp3) is 0. The second kappa shape index (κ2) is 6.19. The zero-order valence-electron chi connectivity index (χ0n) is 10.9. The maximum atomic E-state index is 12.0. The molecule has 1 amide bonds. The van der Waals surface area contributed by atoms with Gasteiger partial charge < -0.3 is 5.32 Å². The number of hydrogen-bond donors (Lipinski definition) is 1. The highest BCUT2D eigenvalue weighted by atomic mass is 32.2. The summed E-state index contributed by atoms with van der Waals surface area (Å²) < 4.78 is 1.52. The summed E-state index contributed by atoms with van der Waals surface area (Å²) in [6.07, 6.45) is 0. The minimum absolute atomic E-state index is 0.242. The van der Waals surface area contributed by atoms with Crippen LogP contribution in [0.25, 0.3) is 5.69 Å². The first-order valence-corrected chi connectivity index (χ1v) is 7.02. The van der Waals surface area contributed by atoms with E-state index in [1.165, 1.54) is 4.68 Å². The molecule has 1 N–H and O–H groups in total. The van der Waals surface area contributed by atoms with Crippen molar-refractivity contribution in [3.8, 4) is 5.69 Å². The lowest BCUT2D eigenvalue weighted by molar-refractivity contribution is 0.269. The fourth-order valence-electron chi connectivity index (χ4n) is 1.72. The van der Waals surface area contributed by atoms with Crippen molar-refractivity contribution < 1.29 is 4.79 Å². The molecule has 0 aliphatic carbocycles. The number of para-hydroxylation sites is 2. The van der Waals surface area contributed by atoms with Crippen LogP contribution in [0.1, 0.15) is 0 Å². The molecule has 0 aliphatic rings. The highest BCUT2D eigenvalue weighted by Crippen LogP contribution is 2.20. The fourth-order valence-corrected chi connectivity index (χ4v) is 2.36. The number of nitrogens with zero attached hydrogens (tertiary/aromatic N) is 4. The van der Waals surface area contributed by atoms with E-state index in [1.807, 2.05) is 60.7 Å². The number of thioether (sulfide) groups is 1. The van der Waals surface area contributed by atoms with Crippen molar-refractivity contribution in [1.29, 1.82) is 0 Å². The molecule has 0 aliphatic heterocycles. The molecule has 3 rings (SSSR count). The van der Waals surface area contributed by atoms with E-state index >= 15 is 0 Å². The molecule has 0 spiro atoms. The van der Waals surface area contributed by atoms with Crippen LogP contribution in [0, 0.1) is 0 Å². The van der Waals surface area contributed by atoms with Crippen molar-refractivity contribution >= 4 is 22.7 Å². The Labute approximate surface area is 125 Å². The molecule has 0 bridgehead atoms. The maximum absolute atomic E-state index is 12.0. The molecule has 0 atom stereocenters. The van der Waals surface area contributed by atoms with Gasteiger partial charge in [-0.2, -0.15) is 4.68 Å². The second-order valence-corrected chi connectivity index (χ2v) is 5.03. The number of amides is 1. The molecule has 0 saturated heterocycles. The molecular formula is C14H11N5OS. The van der Waals surface area contributed by atoms with Gasteiger partial charge in [0, 0.05) is 17.4 Å². The molecule has 6 nitrogen and oxygen atoms in total. The molecule has 2 aromatic carbocycles. The lowest BCUT2D eigenvalue weighted by atomic mass is 10.3. The van der Waals surface area contributed by atoms with Gasteiger partial charge in [-0.05, 0) is 34.7 Å². The number of tetrazole rings is 1. The summed E-state index contributed by atoms with van der Waals surface area (Å²) in [5.41, 5.74) is 1.53. The molecule has 0 radical (unpaired) electrons. The van der Waals surface area contributed by atoms with Crippen molar-refractivity contribution in [1.82, 2.24) is 20.2 Å². The Morgan fingerprint density at radius 1 is 1.00 bits per heavy atom. The molecule has 3 aromatic rings. The molecular weight excluding hydrogens is 286 g/mol. The second-order valence-electron chi connectivity index (χ2n) is 4.09. The van der Waals surface area contributed by atoms with E-state index < -0.39 is 0 Å². The van der Waals surface area contributed by atoms with Gasteiger partial charge in [0.1, 0.15) is 0 Å². The van der Waals surface area contributed by atoms with Crippen molar-refractivity contribution in [2.75, 3.05) is 5.32 Å². The summed E-state index contributed by atoms with van der Waals surface area (Å²) in [5.74, 6) is 0. The third kappa shape index (κ3) is 3.26. The average molecular weight is 297 g/mol. The van der Waals surface area contributed by atoms with Gasteiger partial charge >= 0.3 is 0 Å². The Morgan fingerprint density at radius 2 is 1.67 bits per heavy atom. The van der Waals surface area contributed by atoms with Gasteiger partial charge in [-0.15, -0.1) is 5.10 Å². The first kappa shape index (κ1) is 13.3. The van der Waals surface area contributed by atoms with Crippen molar-refractivity contribution in [2.45, 2.75) is 5.16 Å². The van der Waals surface area contributed by atoms with Crippen LogP contribution in [-0.4, -0.2) is 25.4 Å². The van der Waals surface area contributed by atoms with Gasteiger partial charge in [-0.1, -0.05) is 36.4 Å². The van der Waals surface area contributed by atoms with E-state index in [0.717, 1.165) is 23.1 Å². The molecule has 0 unspecified atom stereocenters. The lowest BCUT2D eigenvalue weighted by Crippen LogP contribution is -2.07. The van der Waals surface area contributed by atoms with Gasteiger partial charge in [0.2, 0.25) is 5.16 Å². The van der Waals surface area contributed by atoms with Gasteiger partial charge in [-0.25, -0.2) is 0 Å². The zero-order chi connectivity index (χ0) is 14.5. The third-order valence-electron chi connectivity index (χ3n) is 2.65. The van der Waals surface area contributed by atoms with E-state index in [2.05, 4.69) is 20.8 Å². The minimum Gasteiger partial charge on any atom is -0.316 e. The Hall–Kier alpha value is -2.67. The van der Waals surface area contributed by atoms with Crippen LogP contribution < -0.4 is 5.32 Å². The zero-order valence-corrected chi connectivity index (χ0v) is 11.7. The number of anilines is 1. The highest BCUT2D eigenvalue weighted by Gasteiger charge is 2.13. The number of benzene rings is 2. The van der Waals surface area contributed by atoms with Crippen LogP contribution in [0.4, 0.5) is 10.5 Å². The largest absolute Gasteiger partial charge is 0.316 e. The molecule has 104 valence electrons. The van der Waals surface area contributed by atoms with Crippen LogP contribution in [0.3, 0.4) is 0 Å². The van der Waals surface area contributed by atoms with Crippen LogP contribution in [0.5, 0.6) is 0 Å². The monoisotopic (exact) mass is 297 g/mol. The van der Waals surface area contributed by atoms with Gasteiger partial charge in [0.05, 0.1) is 5.69 Å². The van der Waals surface area contributed by atoms with Crippen molar-refractivity contribution in [3.63, 3.8) is 0 Å². The third-order valence-corrected chi connectivity index (χ3v) is 3.37. The molecule has 7 heteroatoms. The normalized spacial score (nSPS) is 10.3. The smallest absolute Gasteiger partial charge is 0.291 e. The minimum atomic E-state index is -0.242. The Morgan fingerprint density at radius 3 is 2.38 bits per heavy atom. The molecule has 0 fully saturated rings. The van der Waals surface area contributed by atoms with Crippen LogP contribution >= 0.6 is 11.8 Å². The number of aromatic nitrogens is 4. The first-order valence-electron chi connectivity index (χ1n) is 6.20. The molecule has 1 heterocycles. The summed E-state index contributed by atoms with van der Waals surface area (Å²) >= 11 is 0.943. The number of rotatable bonds is 3. The van der Waals surface area contributed by atoms with Crippen molar-refractivity contribution in [2.24, 2.45) is 0 Å². The van der Waals surface area contributed by atoms with E-state index in [-0.39, 0.29) is 5.24 Å². The van der Waals surface area contributed by atoms with Crippen LogP contribution in [-0.2, 0) is 0 Å². The van der Waals surface area contributed by atoms with Gasteiger partial charge in [0.25, 0.3) is 5.24 Å². The Kier molecular flexibility index (Phi) is 3.92. The topological polar surface area (TPSA) is 72.7 Å². The quantitative estimate of drug-likeness (QED) is 0.752. The lowest BCUT2D eigenvalue weighted by Gasteiger charge is -2.05. The predicted molar refractivity (Wildman–Crippen MR) is 80.5 cm³/mol. The SMILES string of the molecule is O=C(Nc1ccccc1)Sc1nnnn1-c1ccccc1. The maximum Gasteiger partial charge on any atom is 0.291 e. The molecule has 1 aromatic heterocycles. The number of carbonyl (C=O) groups excluding carboxylic acids is 1. The van der Waals surface area contributed by atoms with E-state index in [0.29, 0.717) is 5.16 Å². The number of hydrogen-bond acceptors (Lipinski definition) is 5. The molecule has 0 saturated carbocycles. The van der Waals surface area contributed by atoms with Crippen LogP contribution in [0.15, 0.2) is 65.8 Å². The van der Waals surface area contributed by atoms with Crippen molar-refractivity contribution in [3.05, 3.63) is 60.7 Å². The summed E-state index contributed by atoms with van der Waals surface area (Å²) in [5, 5.41) is 14.3. The van der Waals surface area contributed by atoms with Crippen LogP contribution in [0.2, 0.25) is 0 Å². The number of nitrogens with one attached hydrogen (secondary N) is 1. The Balaban J connectivity index is 1.74. The first-order chi connectivity index (χ1) is 10.3. The predicted octanol–water partition coefficient (Wildman–Crippen LogP) is 2.99. The highest BCUT2D eigenvalue weighted by molar-refractivity contribution is 8.13. The summed E-state index contributed by atoms with van der Waals surface area (Å²) in [6, 6.07) is 18.7. The summed E-state index contributed by atoms with van der Waals surface area (Å²) in [6.45, 7) is 0. The standard InChI is InChI=1S/C14H11N5OS/c20-14(15-11-7-3-1-4-8-11)21-13-16-17-18-19(13)12-9-5-2-6-10-12/h1-10H,(H,15,20). The van der Waals surface area contributed by atoms with Gasteiger partial charge in [-0.3, -0.25) is 4.79 Å². The van der Waals surface area contributed by atoms with E-state index in [9.17, 15) is 4.79 Å². The Bertz CT molecular complexity index is 729. The summed E-state index contributed by atoms with van der Waals surface area (Å²) in [4.78, 5) is 12.0. The van der Waals surface area contributed by atoms with E-state index in [4.69, 9.17) is 0 Å². The van der Waals surface area contributed by atoms with E-state index in [1.54, 1.807) is 0 Å². The average Bonchev–Trinajstić information content (AvgIpc) is 2.97. The van der Waals surface area contributed by atoms with Gasteiger partial charge in [0.15, 0.2) is 0 Å². The molecule has 21 heavy (non-hydrogen) atoms. The number of carbonyl (C=O) groups is 1. The summed E-state index contributed by atoms with van der Waals surface area (Å²) in [7, 11) is 0.